The first kappa shape index (κ1) is 14.0. The van der Waals surface area contributed by atoms with Crippen LogP contribution in [0.2, 0.25) is 0 Å². The summed E-state index contributed by atoms with van der Waals surface area (Å²) in [6, 6.07) is 2.83. The van der Waals surface area contributed by atoms with Gasteiger partial charge in [0.1, 0.15) is 5.82 Å². The molecule has 0 saturated carbocycles. The van der Waals surface area contributed by atoms with Crippen molar-refractivity contribution in [3.8, 4) is 0 Å². The van der Waals surface area contributed by atoms with Gasteiger partial charge in [0, 0.05) is 12.4 Å². The maximum Gasteiger partial charge on any atom is 0.299 e. The fourth-order valence-corrected chi connectivity index (χ4v) is 2.16. The van der Waals surface area contributed by atoms with Crippen LogP contribution < -0.4 is 4.90 Å². The molecule has 6 heteroatoms. The first-order valence-corrected chi connectivity index (χ1v) is 6.39. The minimum atomic E-state index is -0.714. The van der Waals surface area contributed by atoms with Crippen LogP contribution in [0.25, 0.3) is 0 Å². The van der Waals surface area contributed by atoms with Gasteiger partial charge in [-0.2, -0.15) is 0 Å². The Kier molecular flexibility index (Phi) is 4.17. The molecule has 0 radical (unpaired) electrons. The fourth-order valence-electron chi connectivity index (χ4n) is 2.05. The maximum atomic E-state index is 13.9. The number of anilines is 1. The van der Waals surface area contributed by atoms with E-state index in [0.717, 1.165) is 4.90 Å². The Bertz CT molecular complexity index is 533. The highest BCUT2D eigenvalue weighted by molar-refractivity contribution is 6.52. The molecular weight excluding hydrogens is 273 g/mol. The molecule has 4 nitrogen and oxygen atoms in total. The van der Waals surface area contributed by atoms with Crippen LogP contribution in [0.15, 0.2) is 12.1 Å². The molecule has 102 valence electrons. The number of hydrogen-bond acceptors (Lipinski definition) is 3. The molecule has 0 fully saturated rings. The van der Waals surface area contributed by atoms with Crippen molar-refractivity contribution in [3.63, 3.8) is 0 Å². The van der Waals surface area contributed by atoms with Gasteiger partial charge in [-0.3, -0.25) is 14.5 Å². The Morgan fingerprint density at radius 3 is 2.74 bits per heavy atom. The molecule has 0 saturated heterocycles. The lowest BCUT2D eigenvalue weighted by Gasteiger charge is -2.17. The van der Waals surface area contributed by atoms with E-state index in [1.807, 2.05) is 0 Å². The first-order valence-electron chi connectivity index (χ1n) is 5.86. The summed E-state index contributed by atoms with van der Waals surface area (Å²) < 4.78 is 19.1. The van der Waals surface area contributed by atoms with Crippen molar-refractivity contribution in [1.82, 2.24) is 0 Å². The zero-order valence-corrected chi connectivity index (χ0v) is 11.2. The lowest BCUT2D eigenvalue weighted by molar-refractivity contribution is -0.114. The lowest BCUT2D eigenvalue weighted by atomic mass is 10.1. The molecule has 1 aliphatic rings. The van der Waals surface area contributed by atoms with E-state index in [1.54, 1.807) is 6.92 Å². The number of hydrogen-bond donors (Lipinski definition) is 0. The normalized spacial score (nSPS) is 14.2. The van der Waals surface area contributed by atoms with Crippen LogP contribution in [0.5, 0.6) is 0 Å². The van der Waals surface area contributed by atoms with Gasteiger partial charge in [0.2, 0.25) is 0 Å². The van der Waals surface area contributed by atoms with Gasteiger partial charge in [0.25, 0.3) is 11.7 Å². The SMILES string of the molecule is Cc1cc(F)c2c(c1)C(=O)C(=O)N2CCOCCCl. The van der Waals surface area contributed by atoms with Crippen LogP contribution in [0.1, 0.15) is 15.9 Å². The molecule has 0 unspecified atom stereocenters. The Morgan fingerprint density at radius 2 is 2.05 bits per heavy atom. The highest BCUT2D eigenvalue weighted by Gasteiger charge is 2.37. The molecule has 19 heavy (non-hydrogen) atoms. The summed E-state index contributed by atoms with van der Waals surface area (Å²) in [6.07, 6.45) is 0. The quantitative estimate of drug-likeness (QED) is 0.472. The number of carbonyl (C=O) groups excluding carboxylic acids is 2. The van der Waals surface area contributed by atoms with Gasteiger partial charge >= 0.3 is 0 Å². The van der Waals surface area contributed by atoms with Crippen LogP contribution in [0, 0.1) is 12.7 Å². The molecule has 1 aromatic rings. The summed E-state index contributed by atoms with van der Waals surface area (Å²) in [5, 5.41) is 0. The summed E-state index contributed by atoms with van der Waals surface area (Å²) in [4.78, 5) is 24.7. The van der Waals surface area contributed by atoms with Gasteiger partial charge in [-0.25, -0.2) is 4.39 Å². The van der Waals surface area contributed by atoms with E-state index in [0.29, 0.717) is 18.1 Å². The van der Waals surface area contributed by atoms with Crippen LogP contribution in [-0.4, -0.2) is 37.3 Å². The van der Waals surface area contributed by atoms with Gasteiger partial charge in [-0.05, 0) is 24.6 Å². The number of carbonyl (C=O) groups is 2. The van der Waals surface area contributed by atoms with Gasteiger partial charge in [0.15, 0.2) is 0 Å². The van der Waals surface area contributed by atoms with Crippen molar-refractivity contribution in [1.29, 1.82) is 0 Å². The van der Waals surface area contributed by atoms with Crippen molar-refractivity contribution in [2.45, 2.75) is 6.92 Å². The molecule has 0 N–H and O–H groups in total. The molecular formula is C13H13ClFNO3. The second-order valence-corrected chi connectivity index (χ2v) is 4.61. The maximum absolute atomic E-state index is 13.9. The number of ether oxygens (including phenoxy) is 1. The predicted molar refractivity (Wildman–Crippen MR) is 69.4 cm³/mol. The standard InChI is InChI=1S/C13H13ClFNO3/c1-8-6-9-11(10(15)7-8)16(13(18)12(9)17)3-5-19-4-2-14/h6-7H,2-5H2,1H3. The van der Waals surface area contributed by atoms with E-state index in [2.05, 4.69) is 0 Å². The van der Waals surface area contributed by atoms with Crippen LogP contribution in [0.3, 0.4) is 0 Å². The Hall–Kier alpha value is -1.46. The zero-order valence-electron chi connectivity index (χ0n) is 10.4. The monoisotopic (exact) mass is 285 g/mol. The van der Waals surface area contributed by atoms with E-state index in [1.165, 1.54) is 12.1 Å². The Morgan fingerprint density at radius 1 is 1.32 bits per heavy atom. The molecule has 1 amide bonds. The van der Waals surface area contributed by atoms with Crippen molar-refractivity contribution in [3.05, 3.63) is 29.1 Å². The summed E-state index contributed by atoms with van der Waals surface area (Å²) in [7, 11) is 0. The number of Topliss-reactive ketones (excluding diaryl/α,β-unsaturated/α-hetero) is 1. The molecule has 0 spiro atoms. The summed E-state index contributed by atoms with van der Waals surface area (Å²) in [6.45, 7) is 2.36. The number of alkyl halides is 1. The van der Waals surface area contributed by atoms with Crippen molar-refractivity contribution in [2.75, 3.05) is 30.5 Å². The number of benzene rings is 1. The summed E-state index contributed by atoms with van der Waals surface area (Å²) in [5.74, 6) is -1.60. The van der Waals surface area contributed by atoms with Crippen molar-refractivity contribution in [2.24, 2.45) is 0 Å². The Balaban J connectivity index is 2.23. The number of rotatable bonds is 5. The van der Waals surface area contributed by atoms with E-state index in [9.17, 15) is 14.0 Å². The highest BCUT2D eigenvalue weighted by Crippen LogP contribution is 2.32. The van der Waals surface area contributed by atoms with Crippen molar-refractivity contribution >= 4 is 29.0 Å². The number of fused-ring (bicyclic) bond motifs is 1. The molecule has 0 aromatic heterocycles. The number of aryl methyl sites for hydroxylation is 1. The van der Waals surface area contributed by atoms with Crippen molar-refractivity contribution < 1.29 is 18.7 Å². The second-order valence-electron chi connectivity index (χ2n) is 4.23. The van der Waals surface area contributed by atoms with E-state index in [-0.39, 0.29) is 24.4 Å². The lowest BCUT2D eigenvalue weighted by Crippen LogP contribution is -2.33. The van der Waals surface area contributed by atoms with Crippen LogP contribution in [-0.2, 0) is 9.53 Å². The first-order chi connectivity index (χ1) is 9.06. The average molecular weight is 286 g/mol. The minimum Gasteiger partial charge on any atom is -0.378 e. The summed E-state index contributed by atoms with van der Waals surface area (Å²) >= 11 is 5.45. The topological polar surface area (TPSA) is 46.6 Å². The zero-order chi connectivity index (χ0) is 14.0. The molecule has 1 aliphatic heterocycles. The smallest absolute Gasteiger partial charge is 0.299 e. The van der Waals surface area contributed by atoms with E-state index >= 15 is 0 Å². The van der Waals surface area contributed by atoms with Crippen LogP contribution in [0.4, 0.5) is 10.1 Å². The van der Waals surface area contributed by atoms with Gasteiger partial charge < -0.3 is 4.74 Å². The molecule has 2 rings (SSSR count). The minimum absolute atomic E-state index is 0.0510. The molecule has 1 heterocycles. The Labute approximate surface area is 115 Å². The second kappa shape index (κ2) is 5.67. The molecule has 0 atom stereocenters. The van der Waals surface area contributed by atoms with Gasteiger partial charge in [0.05, 0.1) is 24.5 Å². The van der Waals surface area contributed by atoms with E-state index in [4.69, 9.17) is 16.3 Å². The van der Waals surface area contributed by atoms with Crippen LogP contribution >= 0.6 is 11.6 Å². The molecule has 1 aromatic carbocycles. The number of nitrogens with zero attached hydrogens (tertiary/aromatic N) is 1. The number of halogens is 2. The third-order valence-electron chi connectivity index (χ3n) is 2.84. The van der Waals surface area contributed by atoms with E-state index < -0.39 is 17.5 Å². The highest BCUT2D eigenvalue weighted by atomic mass is 35.5. The average Bonchev–Trinajstić information content (AvgIpc) is 2.60. The predicted octanol–water partition coefficient (Wildman–Crippen LogP) is 1.92. The molecule has 0 bridgehead atoms. The fraction of sp³-hybridized carbons (Fsp3) is 0.385. The van der Waals surface area contributed by atoms with Gasteiger partial charge in [-0.1, -0.05) is 0 Å². The number of ketones is 1. The molecule has 0 aliphatic carbocycles. The number of amides is 1. The largest absolute Gasteiger partial charge is 0.378 e. The van der Waals surface area contributed by atoms with Gasteiger partial charge in [-0.15, -0.1) is 11.6 Å². The third kappa shape index (κ3) is 2.62. The summed E-state index contributed by atoms with van der Waals surface area (Å²) in [5.41, 5.74) is 0.785. The third-order valence-corrected chi connectivity index (χ3v) is 3.00.